The van der Waals surface area contributed by atoms with Crippen LogP contribution >= 0.6 is 0 Å². The number of nitrogens with two attached hydrogens (primary N) is 1. The van der Waals surface area contributed by atoms with E-state index in [1.54, 1.807) is 4.68 Å². The minimum absolute atomic E-state index is 0.423. The van der Waals surface area contributed by atoms with E-state index in [9.17, 15) is 5.26 Å². The normalized spacial score (nSPS) is 10.7. The van der Waals surface area contributed by atoms with Crippen molar-refractivity contribution in [1.29, 1.82) is 5.26 Å². The first-order valence-corrected chi connectivity index (χ1v) is 8.52. The van der Waals surface area contributed by atoms with Gasteiger partial charge in [0.05, 0.1) is 12.2 Å². The number of aromatic nitrogens is 2. The molecule has 1 heterocycles. The van der Waals surface area contributed by atoms with Crippen molar-refractivity contribution in [3.05, 3.63) is 95.2 Å². The van der Waals surface area contributed by atoms with Crippen LogP contribution in [0.15, 0.2) is 72.8 Å². The number of benzene rings is 3. The van der Waals surface area contributed by atoms with E-state index in [-0.39, 0.29) is 0 Å². The molecule has 0 spiro atoms. The molecule has 0 saturated carbocycles. The Labute approximate surface area is 152 Å². The predicted octanol–water partition coefficient (Wildman–Crippen LogP) is 4.13. The fourth-order valence-corrected chi connectivity index (χ4v) is 3.28. The fraction of sp³-hybridized carbons (Fsp3) is 0.0909. The number of nitrogens with zero attached hydrogens (tertiary/aromatic N) is 3. The van der Waals surface area contributed by atoms with Crippen molar-refractivity contribution < 1.29 is 0 Å². The Morgan fingerprint density at radius 1 is 0.923 bits per heavy atom. The standard InChI is InChI=1S/C22H18N4/c23-14-20-21(13-18-11-6-10-17-9-4-5-12-19(17)18)25-26(22(20)24)15-16-7-2-1-3-8-16/h1-12H,13,15,24H2. The molecule has 126 valence electrons. The van der Waals surface area contributed by atoms with Gasteiger partial charge in [0.25, 0.3) is 0 Å². The lowest BCUT2D eigenvalue weighted by atomic mass is 10.00. The predicted molar refractivity (Wildman–Crippen MR) is 104 cm³/mol. The Bertz CT molecular complexity index is 1100. The molecule has 3 aromatic carbocycles. The third-order valence-corrected chi connectivity index (χ3v) is 4.59. The van der Waals surface area contributed by atoms with Gasteiger partial charge in [-0.15, -0.1) is 0 Å². The molecule has 2 N–H and O–H groups in total. The molecule has 0 aliphatic carbocycles. The summed E-state index contributed by atoms with van der Waals surface area (Å²) in [6, 6.07) is 26.7. The topological polar surface area (TPSA) is 67.6 Å². The lowest BCUT2D eigenvalue weighted by molar-refractivity contribution is 0.685. The zero-order valence-electron chi connectivity index (χ0n) is 14.3. The number of nitrogen functional groups attached to an aromatic ring is 1. The number of nitriles is 1. The molecule has 0 radical (unpaired) electrons. The van der Waals surface area contributed by atoms with Gasteiger partial charge in [0, 0.05) is 6.42 Å². The quantitative estimate of drug-likeness (QED) is 0.608. The molecular weight excluding hydrogens is 320 g/mol. The number of rotatable bonds is 4. The van der Waals surface area contributed by atoms with Gasteiger partial charge in [-0.1, -0.05) is 72.8 Å². The van der Waals surface area contributed by atoms with E-state index in [4.69, 9.17) is 5.73 Å². The maximum Gasteiger partial charge on any atom is 0.140 e. The monoisotopic (exact) mass is 338 g/mol. The largest absolute Gasteiger partial charge is 0.383 e. The number of hydrogen-bond donors (Lipinski definition) is 1. The highest BCUT2D eigenvalue weighted by Crippen LogP contribution is 2.24. The van der Waals surface area contributed by atoms with Crippen molar-refractivity contribution in [1.82, 2.24) is 9.78 Å². The van der Waals surface area contributed by atoms with Crippen molar-refractivity contribution in [3.63, 3.8) is 0 Å². The lowest BCUT2D eigenvalue weighted by Crippen LogP contribution is -2.06. The van der Waals surface area contributed by atoms with E-state index in [0.29, 0.717) is 24.3 Å². The van der Waals surface area contributed by atoms with Gasteiger partial charge in [0.15, 0.2) is 0 Å². The van der Waals surface area contributed by atoms with E-state index in [1.165, 1.54) is 10.8 Å². The molecule has 0 unspecified atom stereocenters. The summed E-state index contributed by atoms with van der Waals surface area (Å²) >= 11 is 0. The van der Waals surface area contributed by atoms with Crippen LogP contribution in [-0.2, 0) is 13.0 Å². The fourth-order valence-electron chi connectivity index (χ4n) is 3.28. The summed E-state index contributed by atoms with van der Waals surface area (Å²) in [7, 11) is 0. The van der Waals surface area contributed by atoms with Crippen LogP contribution in [0.1, 0.15) is 22.4 Å². The third-order valence-electron chi connectivity index (χ3n) is 4.59. The maximum atomic E-state index is 9.59. The Hall–Kier alpha value is -3.58. The summed E-state index contributed by atoms with van der Waals surface area (Å²) in [5.74, 6) is 0.423. The van der Waals surface area contributed by atoms with Crippen molar-refractivity contribution in [2.24, 2.45) is 0 Å². The van der Waals surface area contributed by atoms with Crippen molar-refractivity contribution >= 4 is 16.6 Å². The lowest BCUT2D eigenvalue weighted by Gasteiger charge is -2.05. The number of fused-ring (bicyclic) bond motifs is 1. The zero-order valence-corrected chi connectivity index (χ0v) is 14.3. The van der Waals surface area contributed by atoms with Crippen LogP contribution in [0.4, 0.5) is 5.82 Å². The molecule has 4 heteroatoms. The van der Waals surface area contributed by atoms with Gasteiger partial charge in [-0.2, -0.15) is 10.4 Å². The molecular formula is C22H18N4. The molecule has 0 fully saturated rings. The Balaban J connectivity index is 1.72. The smallest absolute Gasteiger partial charge is 0.140 e. The highest BCUT2D eigenvalue weighted by atomic mass is 15.3. The summed E-state index contributed by atoms with van der Waals surface area (Å²) in [6.07, 6.45) is 0.580. The minimum Gasteiger partial charge on any atom is -0.383 e. The van der Waals surface area contributed by atoms with Crippen LogP contribution in [0, 0.1) is 11.3 Å². The Morgan fingerprint density at radius 3 is 2.46 bits per heavy atom. The molecule has 0 aliphatic rings. The summed E-state index contributed by atoms with van der Waals surface area (Å²) < 4.78 is 1.72. The maximum absolute atomic E-state index is 9.59. The van der Waals surface area contributed by atoms with Crippen molar-refractivity contribution in [2.45, 2.75) is 13.0 Å². The van der Waals surface area contributed by atoms with Crippen molar-refractivity contribution in [3.8, 4) is 6.07 Å². The molecule has 4 aromatic rings. The van der Waals surface area contributed by atoms with Crippen LogP contribution in [0.3, 0.4) is 0 Å². The van der Waals surface area contributed by atoms with Gasteiger partial charge < -0.3 is 5.73 Å². The molecule has 0 bridgehead atoms. The van der Waals surface area contributed by atoms with Gasteiger partial charge in [0.1, 0.15) is 17.5 Å². The van der Waals surface area contributed by atoms with E-state index in [0.717, 1.165) is 16.8 Å². The molecule has 26 heavy (non-hydrogen) atoms. The van der Waals surface area contributed by atoms with Gasteiger partial charge in [0.2, 0.25) is 0 Å². The minimum atomic E-state index is 0.423. The van der Waals surface area contributed by atoms with Crippen LogP contribution in [0.25, 0.3) is 10.8 Å². The Kier molecular flexibility index (Phi) is 4.12. The van der Waals surface area contributed by atoms with E-state index in [2.05, 4.69) is 35.4 Å². The SMILES string of the molecule is N#Cc1c(Cc2cccc3ccccc23)nn(Cc2ccccc2)c1N. The molecule has 0 saturated heterocycles. The first-order chi connectivity index (χ1) is 12.8. The second-order valence-corrected chi connectivity index (χ2v) is 6.28. The molecule has 4 rings (SSSR count). The summed E-state index contributed by atoms with van der Waals surface area (Å²) in [5.41, 5.74) is 9.64. The molecule has 0 amide bonds. The average Bonchev–Trinajstić information content (AvgIpc) is 2.97. The van der Waals surface area contributed by atoms with E-state index in [1.807, 2.05) is 48.5 Å². The number of anilines is 1. The van der Waals surface area contributed by atoms with Crippen LogP contribution < -0.4 is 5.73 Å². The van der Waals surface area contributed by atoms with Gasteiger partial charge >= 0.3 is 0 Å². The van der Waals surface area contributed by atoms with E-state index < -0.39 is 0 Å². The van der Waals surface area contributed by atoms with Crippen LogP contribution in [0.2, 0.25) is 0 Å². The average molecular weight is 338 g/mol. The molecule has 4 nitrogen and oxygen atoms in total. The molecule has 0 atom stereocenters. The van der Waals surface area contributed by atoms with Crippen LogP contribution in [0.5, 0.6) is 0 Å². The highest BCUT2D eigenvalue weighted by Gasteiger charge is 2.16. The first kappa shape index (κ1) is 15.9. The molecule has 1 aromatic heterocycles. The third kappa shape index (κ3) is 2.91. The summed E-state index contributed by atoms with van der Waals surface area (Å²) in [4.78, 5) is 0. The van der Waals surface area contributed by atoms with Crippen molar-refractivity contribution in [2.75, 3.05) is 5.73 Å². The number of hydrogen-bond acceptors (Lipinski definition) is 3. The Morgan fingerprint density at radius 2 is 1.65 bits per heavy atom. The van der Waals surface area contributed by atoms with Gasteiger partial charge in [-0.05, 0) is 21.9 Å². The van der Waals surface area contributed by atoms with Gasteiger partial charge in [-0.25, -0.2) is 4.68 Å². The summed E-state index contributed by atoms with van der Waals surface area (Å²) in [6.45, 7) is 0.552. The second kappa shape index (κ2) is 6.73. The van der Waals surface area contributed by atoms with Gasteiger partial charge in [-0.3, -0.25) is 0 Å². The second-order valence-electron chi connectivity index (χ2n) is 6.28. The van der Waals surface area contributed by atoms with Crippen LogP contribution in [-0.4, -0.2) is 9.78 Å². The zero-order chi connectivity index (χ0) is 17.9. The highest BCUT2D eigenvalue weighted by molar-refractivity contribution is 5.86. The molecule has 0 aliphatic heterocycles. The first-order valence-electron chi connectivity index (χ1n) is 8.52. The van der Waals surface area contributed by atoms with E-state index >= 15 is 0 Å². The summed E-state index contributed by atoms with van der Waals surface area (Å²) in [5, 5.41) is 16.6.